The molecular weight excluding hydrogens is 423 g/mol. The van der Waals surface area contributed by atoms with Crippen LogP contribution in [0.25, 0.3) is 0 Å². The van der Waals surface area contributed by atoms with E-state index < -0.39 is 17.7 Å². The molecule has 32 heavy (non-hydrogen) atoms. The SMILES string of the molecule is COc1ccc(C2CC(=O)N(c3ccc(C(F)(F)F)cc3)C3=C2C(=O)CCC3)cc1OC. The fraction of sp³-hybridized carbons (Fsp3) is 0.333. The van der Waals surface area contributed by atoms with Gasteiger partial charge in [-0.25, -0.2) is 0 Å². The largest absolute Gasteiger partial charge is 0.493 e. The van der Waals surface area contributed by atoms with Gasteiger partial charge in [0.05, 0.1) is 19.8 Å². The molecule has 1 heterocycles. The van der Waals surface area contributed by atoms with Gasteiger partial charge >= 0.3 is 6.18 Å². The Morgan fingerprint density at radius 3 is 2.25 bits per heavy atom. The molecule has 0 radical (unpaired) electrons. The number of allylic oxidation sites excluding steroid dienone is 2. The molecular formula is C24H22F3NO4. The summed E-state index contributed by atoms with van der Waals surface area (Å²) in [7, 11) is 3.03. The van der Waals surface area contributed by atoms with E-state index in [2.05, 4.69) is 0 Å². The number of ketones is 1. The van der Waals surface area contributed by atoms with Crippen molar-refractivity contribution >= 4 is 17.4 Å². The van der Waals surface area contributed by atoms with Crippen molar-refractivity contribution in [3.05, 3.63) is 64.9 Å². The number of carbonyl (C=O) groups excluding carboxylic acids is 2. The molecule has 4 rings (SSSR count). The molecule has 1 unspecified atom stereocenters. The van der Waals surface area contributed by atoms with Gasteiger partial charge < -0.3 is 9.47 Å². The Balaban J connectivity index is 1.79. The maximum Gasteiger partial charge on any atom is 0.416 e. The van der Waals surface area contributed by atoms with E-state index in [-0.39, 0.29) is 18.1 Å². The van der Waals surface area contributed by atoms with Gasteiger partial charge in [0.15, 0.2) is 17.3 Å². The van der Waals surface area contributed by atoms with Crippen molar-refractivity contribution in [2.75, 3.05) is 19.1 Å². The number of hydrogen-bond donors (Lipinski definition) is 0. The molecule has 0 spiro atoms. The molecule has 0 N–H and O–H groups in total. The van der Waals surface area contributed by atoms with Crippen molar-refractivity contribution < 1.29 is 32.2 Å². The topological polar surface area (TPSA) is 55.8 Å². The molecule has 0 fully saturated rings. The molecule has 0 bridgehead atoms. The Labute approximate surface area is 183 Å². The summed E-state index contributed by atoms with van der Waals surface area (Å²) in [5.74, 6) is 0.270. The number of ether oxygens (including phenoxy) is 2. The van der Waals surface area contributed by atoms with Gasteiger partial charge in [0.25, 0.3) is 0 Å². The molecule has 1 amide bonds. The molecule has 8 heteroatoms. The highest BCUT2D eigenvalue weighted by Gasteiger charge is 2.40. The summed E-state index contributed by atoms with van der Waals surface area (Å²) in [5.41, 5.74) is 1.41. The van der Waals surface area contributed by atoms with Gasteiger partial charge in [-0.1, -0.05) is 6.07 Å². The van der Waals surface area contributed by atoms with E-state index in [0.29, 0.717) is 47.7 Å². The van der Waals surface area contributed by atoms with Crippen LogP contribution in [0.2, 0.25) is 0 Å². The lowest BCUT2D eigenvalue weighted by Crippen LogP contribution is -2.40. The molecule has 1 aliphatic carbocycles. The fourth-order valence-electron chi connectivity index (χ4n) is 4.45. The van der Waals surface area contributed by atoms with Gasteiger partial charge in [-0.3, -0.25) is 14.5 Å². The molecule has 2 aromatic rings. The number of benzene rings is 2. The third-order valence-electron chi connectivity index (χ3n) is 5.94. The summed E-state index contributed by atoms with van der Waals surface area (Å²) in [4.78, 5) is 27.6. The van der Waals surface area contributed by atoms with Crippen molar-refractivity contribution in [1.29, 1.82) is 0 Å². The second-order valence-electron chi connectivity index (χ2n) is 7.78. The molecule has 2 aromatic carbocycles. The van der Waals surface area contributed by atoms with E-state index in [9.17, 15) is 22.8 Å². The maximum atomic E-state index is 13.2. The highest BCUT2D eigenvalue weighted by molar-refractivity contribution is 6.07. The number of carbonyl (C=O) groups is 2. The Morgan fingerprint density at radius 2 is 1.62 bits per heavy atom. The van der Waals surface area contributed by atoms with Crippen LogP contribution in [-0.4, -0.2) is 25.9 Å². The van der Waals surface area contributed by atoms with Crippen molar-refractivity contribution in [2.24, 2.45) is 0 Å². The highest BCUT2D eigenvalue weighted by Crippen LogP contribution is 2.45. The third kappa shape index (κ3) is 3.85. The average molecular weight is 445 g/mol. The smallest absolute Gasteiger partial charge is 0.416 e. The molecule has 1 atom stereocenters. The number of rotatable bonds is 4. The van der Waals surface area contributed by atoms with Crippen LogP contribution < -0.4 is 14.4 Å². The van der Waals surface area contributed by atoms with E-state index in [1.807, 2.05) is 0 Å². The third-order valence-corrected chi connectivity index (χ3v) is 5.94. The summed E-state index contributed by atoms with van der Waals surface area (Å²) in [5, 5.41) is 0. The minimum Gasteiger partial charge on any atom is -0.493 e. The first-order valence-electron chi connectivity index (χ1n) is 10.2. The molecule has 0 aromatic heterocycles. The molecule has 0 saturated heterocycles. The van der Waals surface area contributed by atoms with Gasteiger partial charge in [-0.05, 0) is 54.8 Å². The Bertz CT molecular complexity index is 1090. The van der Waals surface area contributed by atoms with Gasteiger partial charge in [0, 0.05) is 35.7 Å². The fourth-order valence-corrected chi connectivity index (χ4v) is 4.45. The molecule has 1 aliphatic heterocycles. The van der Waals surface area contributed by atoms with Crippen LogP contribution in [0.5, 0.6) is 11.5 Å². The lowest BCUT2D eigenvalue weighted by atomic mass is 9.77. The first-order valence-corrected chi connectivity index (χ1v) is 10.2. The van der Waals surface area contributed by atoms with E-state index in [0.717, 1.165) is 17.7 Å². The predicted octanol–water partition coefficient (Wildman–Crippen LogP) is 5.25. The maximum absolute atomic E-state index is 13.2. The van der Waals surface area contributed by atoms with Crippen LogP contribution in [0.4, 0.5) is 18.9 Å². The number of halogens is 3. The summed E-state index contributed by atoms with van der Waals surface area (Å²) >= 11 is 0. The van der Waals surface area contributed by atoms with Crippen LogP contribution >= 0.6 is 0 Å². The Morgan fingerprint density at radius 1 is 0.938 bits per heavy atom. The average Bonchev–Trinajstić information content (AvgIpc) is 2.77. The van der Waals surface area contributed by atoms with Gasteiger partial charge in [0.2, 0.25) is 5.91 Å². The summed E-state index contributed by atoms with van der Waals surface area (Å²) in [6.07, 6.45) is -2.98. The molecule has 5 nitrogen and oxygen atoms in total. The zero-order valence-electron chi connectivity index (χ0n) is 17.7. The first-order chi connectivity index (χ1) is 15.2. The van der Waals surface area contributed by atoms with Crippen LogP contribution in [-0.2, 0) is 15.8 Å². The minimum absolute atomic E-state index is 0.0288. The standard InChI is InChI=1S/C24H22F3NO4/c1-31-20-11-6-14(12-21(20)32-2)17-13-22(30)28(18-4-3-5-19(29)23(17)18)16-9-7-15(8-10-16)24(25,26)27/h6-12,17H,3-5,13H2,1-2H3. The highest BCUT2D eigenvalue weighted by atomic mass is 19.4. The number of amides is 1. The van der Waals surface area contributed by atoms with Gasteiger partial charge in [0.1, 0.15) is 0 Å². The van der Waals surface area contributed by atoms with Gasteiger partial charge in [-0.2, -0.15) is 13.2 Å². The number of anilines is 1. The van der Waals surface area contributed by atoms with Crippen LogP contribution in [0.1, 0.15) is 42.7 Å². The van der Waals surface area contributed by atoms with Crippen molar-refractivity contribution in [3.8, 4) is 11.5 Å². The van der Waals surface area contributed by atoms with Crippen LogP contribution in [0.3, 0.4) is 0 Å². The molecule has 168 valence electrons. The van der Waals surface area contributed by atoms with Crippen molar-refractivity contribution in [1.82, 2.24) is 0 Å². The van der Waals surface area contributed by atoms with E-state index in [4.69, 9.17) is 9.47 Å². The zero-order valence-corrected chi connectivity index (χ0v) is 17.7. The number of alkyl halides is 3. The van der Waals surface area contributed by atoms with E-state index >= 15 is 0 Å². The Kier molecular flexibility index (Phi) is 5.71. The monoisotopic (exact) mass is 445 g/mol. The number of hydrogen-bond acceptors (Lipinski definition) is 4. The number of nitrogens with zero attached hydrogens (tertiary/aromatic N) is 1. The zero-order chi connectivity index (χ0) is 23.0. The summed E-state index contributed by atoms with van der Waals surface area (Å²) in [6, 6.07) is 9.76. The molecule has 0 saturated carbocycles. The summed E-state index contributed by atoms with van der Waals surface area (Å²) < 4.78 is 49.5. The number of methoxy groups -OCH3 is 2. The quantitative estimate of drug-likeness (QED) is 0.645. The first kappa shape index (κ1) is 21.9. The lowest BCUT2D eigenvalue weighted by Gasteiger charge is -2.38. The van der Waals surface area contributed by atoms with Crippen molar-refractivity contribution in [3.63, 3.8) is 0 Å². The van der Waals surface area contributed by atoms with Crippen LogP contribution in [0.15, 0.2) is 53.7 Å². The molecule has 2 aliphatic rings. The van der Waals surface area contributed by atoms with Crippen molar-refractivity contribution in [2.45, 2.75) is 37.8 Å². The Hall–Kier alpha value is -3.29. The second-order valence-corrected chi connectivity index (χ2v) is 7.78. The summed E-state index contributed by atoms with van der Waals surface area (Å²) in [6.45, 7) is 0. The van der Waals surface area contributed by atoms with Gasteiger partial charge in [-0.15, -0.1) is 0 Å². The van der Waals surface area contributed by atoms with E-state index in [1.165, 1.54) is 31.3 Å². The number of Topliss-reactive ketones (excluding diaryl/α,β-unsaturated/α-hetero) is 1. The van der Waals surface area contributed by atoms with Crippen LogP contribution in [0, 0.1) is 0 Å². The minimum atomic E-state index is -4.46. The lowest BCUT2D eigenvalue weighted by molar-refractivity contribution is -0.137. The predicted molar refractivity (Wildman–Crippen MR) is 112 cm³/mol. The van der Waals surface area contributed by atoms with E-state index in [1.54, 1.807) is 18.2 Å². The second kappa shape index (κ2) is 8.33. The normalized spacial score (nSPS) is 19.2.